The van der Waals surface area contributed by atoms with Gasteiger partial charge in [0.05, 0.1) is 29.9 Å². The quantitative estimate of drug-likeness (QED) is 0.0476. The Balaban J connectivity index is 1.34. The molecule has 8 rings (SSSR count). The van der Waals surface area contributed by atoms with Gasteiger partial charge in [-0.1, -0.05) is 72.6 Å². The maximum absolute atomic E-state index is 15.2. The van der Waals surface area contributed by atoms with Crippen LogP contribution in [0.15, 0.2) is 139 Å². The number of rotatable bonds is 19. The first-order chi connectivity index (χ1) is 31.8. The third-order valence-corrected chi connectivity index (χ3v) is 13.1. The maximum Gasteiger partial charge on any atom is 0.254 e. The minimum absolute atomic E-state index is 0.00568. The Morgan fingerprint density at radius 2 is 1.66 bits per heavy atom. The average molecular weight is 878 g/mol. The Kier molecular flexibility index (Phi) is 14.4. The van der Waals surface area contributed by atoms with E-state index in [9.17, 15) is 19.9 Å². The molecule has 0 aromatic heterocycles. The second kappa shape index (κ2) is 20.7. The van der Waals surface area contributed by atoms with Gasteiger partial charge in [-0.2, -0.15) is 5.26 Å². The normalized spacial score (nSPS) is 22.5. The highest BCUT2D eigenvalue weighted by Gasteiger charge is 2.65. The van der Waals surface area contributed by atoms with Crippen molar-refractivity contribution in [1.29, 1.82) is 5.26 Å². The van der Waals surface area contributed by atoms with E-state index < -0.39 is 23.6 Å². The number of nitriles is 1. The third-order valence-electron chi connectivity index (χ3n) is 13.1. The molecule has 11 heteroatoms. The number of ether oxygens (including phenoxy) is 3. The number of nitrogens with zero attached hydrogens (tertiary/aromatic N) is 3. The van der Waals surface area contributed by atoms with Crippen LogP contribution in [-0.2, 0) is 16.1 Å². The number of hydrogen-bond acceptors (Lipinski definition) is 9. The van der Waals surface area contributed by atoms with Crippen LogP contribution in [0, 0.1) is 34.9 Å². The zero-order chi connectivity index (χ0) is 45.3. The molecule has 6 unspecified atom stereocenters. The summed E-state index contributed by atoms with van der Waals surface area (Å²) in [6.07, 6.45) is 8.61. The summed E-state index contributed by atoms with van der Waals surface area (Å²) in [5, 5.41) is 36.6. The number of carbonyl (C=O) groups is 1. The summed E-state index contributed by atoms with van der Waals surface area (Å²) in [7, 11) is 0. The molecule has 6 atom stereocenters. The summed E-state index contributed by atoms with van der Waals surface area (Å²) >= 11 is 0. The zero-order valence-electron chi connectivity index (χ0n) is 36.8. The Morgan fingerprint density at radius 3 is 2.38 bits per heavy atom. The van der Waals surface area contributed by atoms with Crippen LogP contribution in [0.4, 0.5) is 4.39 Å². The van der Waals surface area contributed by atoms with E-state index in [1.807, 2.05) is 49.4 Å². The summed E-state index contributed by atoms with van der Waals surface area (Å²) in [6, 6.07) is 34.0. The predicted molar refractivity (Wildman–Crippen MR) is 248 cm³/mol. The summed E-state index contributed by atoms with van der Waals surface area (Å²) in [5.41, 5.74) is 3.96. The van der Waals surface area contributed by atoms with E-state index in [0.29, 0.717) is 59.1 Å². The molecule has 1 saturated carbocycles. The molecule has 1 heterocycles. The molecular weight excluding hydrogens is 822 g/mol. The van der Waals surface area contributed by atoms with Gasteiger partial charge in [-0.05, 0) is 133 Å². The molecule has 1 aliphatic heterocycles. The highest BCUT2D eigenvalue weighted by atomic mass is 19.1. The number of aliphatic hydroxyl groups is 2. The zero-order valence-corrected chi connectivity index (χ0v) is 36.8. The standard InChI is InChI=1S/C54H56FN3O7/c1-3-29-62-54-50(58(35-37-17-22-42(55)23-18-37)53(61)39-19-15-36(34-56)16-20-39)33-48(57-63-4-2)46-31-41(13-7-9-27-59)45(14-8-10-28-60)51(52(46)54)47-32-44(25-26-49(47)65-54)64-43-24-21-38-11-5-6-12-40(38)30-43/h3,5-6,11-12,15-26,30-32,41,45,50-52,59-60H,1,4,7-10,13-14,27-29,33,35H2,2H3. The Hall–Kier alpha value is -6.32. The molecule has 0 saturated heterocycles. The van der Waals surface area contributed by atoms with E-state index in [2.05, 4.69) is 36.9 Å². The van der Waals surface area contributed by atoms with E-state index in [1.54, 1.807) is 47.4 Å². The number of unbranched alkanes of at least 4 members (excludes halogenated alkanes) is 2. The molecule has 336 valence electrons. The fourth-order valence-electron chi connectivity index (χ4n) is 10.2. The Labute approximate surface area is 380 Å². The van der Waals surface area contributed by atoms with Crippen LogP contribution >= 0.6 is 0 Å². The molecule has 10 nitrogen and oxygen atoms in total. The largest absolute Gasteiger partial charge is 0.459 e. The topological polar surface area (TPSA) is 134 Å². The SMILES string of the molecule is C=CCOC12Oc3ccc(Oc4ccc5ccccc5c4)cc3C3C(CCCCO)C(CCCCO)C=C(C(=NOCC)CC1N(Cc1ccc(F)cc1)C(=O)c1ccc(C#N)cc1)C32. The van der Waals surface area contributed by atoms with E-state index in [0.717, 1.165) is 47.6 Å². The van der Waals surface area contributed by atoms with Crippen molar-refractivity contribution in [1.82, 2.24) is 4.90 Å². The fraction of sp³-hybridized carbons (Fsp3) is 0.352. The minimum Gasteiger partial charge on any atom is -0.459 e. The molecule has 0 spiro atoms. The second-order valence-electron chi connectivity index (χ2n) is 17.1. The van der Waals surface area contributed by atoms with Crippen molar-refractivity contribution in [2.75, 3.05) is 26.4 Å². The first-order valence-corrected chi connectivity index (χ1v) is 22.7. The van der Waals surface area contributed by atoms with Crippen LogP contribution < -0.4 is 9.47 Å². The van der Waals surface area contributed by atoms with Crippen LogP contribution in [0.2, 0.25) is 0 Å². The number of halogens is 1. The lowest BCUT2D eigenvalue weighted by Crippen LogP contribution is -2.70. The molecule has 0 bridgehead atoms. The van der Waals surface area contributed by atoms with Gasteiger partial charge in [-0.15, -0.1) is 6.58 Å². The third kappa shape index (κ3) is 9.57. The van der Waals surface area contributed by atoms with Gasteiger partial charge in [0.2, 0.25) is 5.79 Å². The first kappa shape index (κ1) is 45.3. The van der Waals surface area contributed by atoms with Crippen molar-refractivity contribution in [2.24, 2.45) is 22.9 Å². The molecule has 2 aliphatic carbocycles. The van der Waals surface area contributed by atoms with Crippen molar-refractivity contribution in [3.8, 4) is 23.3 Å². The van der Waals surface area contributed by atoms with Crippen LogP contribution in [0.25, 0.3) is 10.8 Å². The van der Waals surface area contributed by atoms with Crippen LogP contribution in [-0.4, -0.2) is 65.0 Å². The Morgan fingerprint density at radius 1 is 0.938 bits per heavy atom. The van der Waals surface area contributed by atoms with E-state index in [-0.39, 0.29) is 56.4 Å². The molecule has 5 aromatic carbocycles. The van der Waals surface area contributed by atoms with Crippen LogP contribution in [0.5, 0.6) is 17.2 Å². The number of carbonyl (C=O) groups excluding carboxylic acids is 1. The maximum atomic E-state index is 15.2. The molecule has 3 aliphatic rings. The van der Waals surface area contributed by atoms with E-state index in [4.69, 9.17) is 24.2 Å². The van der Waals surface area contributed by atoms with Gasteiger partial charge < -0.3 is 34.2 Å². The highest BCUT2D eigenvalue weighted by molar-refractivity contribution is 6.03. The van der Waals surface area contributed by atoms with Gasteiger partial charge in [0, 0.05) is 43.2 Å². The van der Waals surface area contributed by atoms with Crippen molar-refractivity contribution in [3.63, 3.8) is 0 Å². The van der Waals surface area contributed by atoms with Gasteiger partial charge in [-0.3, -0.25) is 4.79 Å². The summed E-state index contributed by atoms with van der Waals surface area (Å²) in [5.74, 6) is -1.10. The molecule has 65 heavy (non-hydrogen) atoms. The van der Waals surface area contributed by atoms with Gasteiger partial charge in [0.15, 0.2) is 0 Å². The van der Waals surface area contributed by atoms with Gasteiger partial charge in [-0.25, -0.2) is 4.39 Å². The minimum atomic E-state index is -1.52. The van der Waals surface area contributed by atoms with Crippen molar-refractivity contribution in [2.45, 2.75) is 76.2 Å². The number of benzene rings is 5. The highest BCUT2D eigenvalue weighted by Crippen LogP contribution is 2.62. The lowest BCUT2D eigenvalue weighted by Gasteiger charge is -2.60. The summed E-state index contributed by atoms with van der Waals surface area (Å²) in [4.78, 5) is 22.9. The van der Waals surface area contributed by atoms with Crippen molar-refractivity contribution in [3.05, 3.63) is 162 Å². The molecule has 0 radical (unpaired) electrons. The molecule has 1 fully saturated rings. The number of aliphatic hydroxyl groups excluding tert-OH is 2. The van der Waals surface area contributed by atoms with Crippen molar-refractivity contribution >= 4 is 22.4 Å². The van der Waals surface area contributed by atoms with Gasteiger partial charge >= 0.3 is 0 Å². The lowest BCUT2D eigenvalue weighted by molar-refractivity contribution is -0.255. The molecule has 2 N–H and O–H groups in total. The molecular formula is C54H56FN3O7. The van der Waals surface area contributed by atoms with Gasteiger partial charge in [0.25, 0.3) is 5.91 Å². The van der Waals surface area contributed by atoms with Gasteiger partial charge in [0.1, 0.15) is 35.7 Å². The second-order valence-corrected chi connectivity index (χ2v) is 17.1. The fourth-order valence-corrected chi connectivity index (χ4v) is 10.2. The number of amides is 1. The van der Waals surface area contributed by atoms with E-state index >= 15 is 4.79 Å². The first-order valence-electron chi connectivity index (χ1n) is 22.7. The monoisotopic (exact) mass is 877 g/mol. The van der Waals surface area contributed by atoms with Crippen molar-refractivity contribution < 1.29 is 38.4 Å². The van der Waals surface area contributed by atoms with E-state index in [1.165, 1.54) is 12.1 Å². The number of allylic oxidation sites excluding steroid dienone is 1. The summed E-state index contributed by atoms with van der Waals surface area (Å²) in [6.45, 7) is 6.55. The predicted octanol–water partition coefficient (Wildman–Crippen LogP) is 10.6. The smallest absolute Gasteiger partial charge is 0.254 e. The van der Waals surface area contributed by atoms with Crippen LogP contribution in [0.3, 0.4) is 0 Å². The summed E-state index contributed by atoms with van der Waals surface area (Å²) < 4.78 is 35.6. The average Bonchev–Trinajstić information content (AvgIpc) is 3.33. The lowest BCUT2D eigenvalue weighted by atomic mass is 9.55. The molecule has 5 aromatic rings. The molecule has 1 amide bonds. The number of oxime groups is 1. The Bertz CT molecular complexity index is 2570. The number of fused-ring (bicyclic) bond motifs is 3. The van der Waals surface area contributed by atoms with Crippen LogP contribution in [0.1, 0.15) is 84.8 Å². The number of hydrogen-bond donors (Lipinski definition) is 2.